The van der Waals surface area contributed by atoms with Crippen LogP contribution in [0.15, 0.2) is 54.9 Å². The van der Waals surface area contributed by atoms with Gasteiger partial charge in [0.2, 0.25) is 0 Å². The molecule has 0 aliphatic rings. The zero-order chi connectivity index (χ0) is 18.5. The van der Waals surface area contributed by atoms with Gasteiger partial charge in [-0.15, -0.1) is 0 Å². The second kappa shape index (κ2) is 4.84. The van der Waals surface area contributed by atoms with Crippen LogP contribution in [0.3, 0.4) is 0 Å². The van der Waals surface area contributed by atoms with E-state index in [0.717, 1.165) is 5.65 Å². The number of fused-ring (bicyclic) bond motifs is 5. The number of nitrogens with zero attached hydrogens (tertiary/aromatic N) is 3. The van der Waals surface area contributed by atoms with Gasteiger partial charge >= 0.3 is 160 Å². The van der Waals surface area contributed by atoms with E-state index in [1.54, 1.807) is 0 Å². The molecule has 4 heterocycles. The molecule has 0 spiro atoms. The summed E-state index contributed by atoms with van der Waals surface area (Å²) < 4.78 is 6.29. The summed E-state index contributed by atoms with van der Waals surface area (Å²) in [6.45, 7) is 2.21. The number of rotatable bonds is 1. The fraction of sp³-hybridized carbons (Fsp3) is 0.174. The molecule has 0 atom stereocenters. The zero-order valence-corrected chi connectivity index (χ0v) is 18.1. The van der Waals surface area contributed by atoms with Gasteiger partial charge in [0.1, 0.15) is 0 Å². The van der Waals surface area contributed by atoms with E-state index < -0.39 is 13.3 Å². The molecule has 0 aliphatic heterocycles. The van der Waals surface area contributed by atoms with Crippen molar-refractivity contribution in [2.75, 3.05) is 0 Å². The van der Waals surface area contributed by atoms with Crippen LogP contribution in [-0.2, 0) is 0 Å². The molecule has 27 heavy (non-hydrogen) atoms. The van der Waals surface area contributed by atoms with Crippen molar-refractivity contribution in [3.63, 3.8) is 0 Å². The topological polar surface area (TPSA) is 21.7 Å². The first kappa shape index (κ1) is 15.5. The second-order valence-electron chi connectivity index (χ2n) is 8.71. The molecule has 0 saturated heterocycles. The summed E-state index contributed by atoms with van der Waals surface area (Å²) >= 11 is -1.99. The molecule has 3 nitrogen and oxygen atoms in total. The first-order valence-electron chi connectivity index (χ1n) is 9.50. The number of hydrogen-bond acceptors (Lipinski definition) is 1. The molecule has 6 aromatic rings. The monoisotopic (exact) mass is 413 g/mol. The van der Waals surface area contributed by atoms with Gasteiger partial charge in [0, 0.05) is 0 Å². The van der Waals surface area contributed by atoms with Crippen LogP contribution in [0.2, 0.25) is 17.3 Å². The Bertz CT molecular complexity index is 1510. The molecule has 2 aromatic carbocycles. The third kappa shape index (κ3) is 1.85. The summed E-state index contributed by atoms with van der Waals surface area (Å²) in [4.78, 5) is 4.80. The van der Waals surface area contributed by atoms with E-state index in [0.29, 0.717) is 0 Å². The maximum absolute atomic E-state index is 4.80. The average Bonchev–Trinajstić information content (AvgIpc) is 3.16. The minimum atomic E-state index is -1.99. The molecule has 6 rings (SSSR count). The second-order valence-corrected chi connectivity index (χ2v) is 19.4. The Kier molecular flexibility index (Phi) is 2.78. The van der Waals surface area contributed by atoms with E-state index in [1.165, 1.54) is 48.2 Å². The van der Waals surface area contributed by atoms with Crippen molar-refractivity contribution in [1.82, 2.24) is 13.8 Å². The fourth-order valence-corrected chi connectivity index (χ4v) is 7.07. The first-order chi connectivity index (χ1) is 12.9. The Morgan fingerprint density at radius 2 is 1.74 bits per heavy atom. The normalized spacial score (nSPS) is 13.2. The van der Waals surface area contributed by atoms with Crippen LogP contribution in [0, 0.1) is 6.92 Å². The van der Waals surface area contributed by atoms with Crippen LogP contribution in [0.25, 0.3) is 43.9 Å². The molecule has 0 fully saturated rings. The average molecular weight is 412 g/mol. The molecule has 132 valence electrons. The Balaban J connectivity index is 2.04. The van der Waals surface area contributed by atoms with E-state index in [4.69, 9.17) is 4.98 Å². The maximum atomic E-state index is 4.80. The van der Waals surface area contributed by atoms with E-state index in [2.05, 4.69) is 81.7 Å². The molecule has 0 bridgehead atoms. The Morgan fingerprint density at radius 1 is 0.926 bits per heavy atom. The van der Waals surface area contributed by atoms with E-state index in [-0.39, 0.29) is 0 Å². The molecule has 4 aromatic heterocycles. The molecule has 0 radical (unpaired) electrons. The fourth-order valence-electron chi connectivity index (χ4n) is 4.64. The van der Waals surface area contributed by atoms with Crippen LogP contribution in [0.4, 0.5) is 0 Å². The molecule has 0 unspecified atom stereocenters. The van der Waals surface area contributed by atoms with Gasteiger partial charge in [0.05, 0.1) is 0 Å². The Labute approximate surface area is 159 Å². The quantitative estimate of drug-likeness (QED) is 0.335. The first-order valence-corrected chi connectivity index (χ1v) is 16.8. The third-order valence-corrected chi connectivity index (χ3v) is 10.2. The van der Waals surface area contributed by atoms with E-state index in [1.807, 2.05) is 6.20 Å². The van der Waals surface area contributed by atoms with Crippen molar-refractivity contribution in [1.29, 1.82) is 0 Å². The summed E-state index contributed by atoms with van der Waals surface area (Å²) in [7, 11) is 0. The van der Waals surface area contributed by atoms with E-state index in [9.17, 15) is 0 Å². The van der Waals surface area contributed by atoms with Gasteiger partial charge in [0.25, 0.3) is 0 Å². The molecule has 0 N–H and O–H groups in total. The Hall–Kier alpha value is -2.53. The van der Waals surface area contributed by atoms with Crippen LogP contribution >= 0.6 is 0 Å². The van der Waals surface area contributed by atoms with Gasteiger partial charge in [-0.1, -0.05) is 0 Å². The number of benzene rings is 2. The third-order valence-electron chi connectivity index (χ3n) is 5.95. The Morgan fingerprint density at radius 3 is 2.56 bits per heavy atom. The van der Waals surface area contributed by atoms with Gasteiger partial charge in [-0.3, -0.25) is 0 Å². The summed E-state index contributed by atoms with van der Waals surface area (Å²) in [6, 6.07) is 15.8. The number of pyridine rings is 1. The summed E-state index contributed by atoms with van der Waals surface area (Å²) in [5.74, 6) is 7.40. The van der Waals surface area contributed by atoms with Gasteiger partial charge in [-0.05, 0) is 0 Å². The van der Waals surface area contributed by atoms with Crippen molar-refractivity contribution in [3.05, 3.63) is 60.4 Å². The van der Waals surface area contributed by atoms with Gasteiger partial charge in [-0.25, -0.2) is 0 Å². The van der Waals surface area contributed by atoms with Crippen LogP contribution < -0.4 is 4.40 Å². The van der Waals surface area contributed by atoms with Gasteiger partial charge in [0.15, 0.2) is 0 Å². The van der Waals surface area contributed by atoms with Crippen molar-refractivity contribution in [2.24, 2.45) is 0 Å². The zero-order valence-electron chi connectivity index (χ0n) is 16.0. The summed E-state index contributed by atoms with van der Waals surface area (Å²) in [6.07, 6.45) is 4.20. The molecule has 0 aliphatic carbocycles. The number of para-hydroxylation sites is 1. The summed E-state index contributed by atoms with van der Waals surface area (Å²) in [5, 5.41) is 5.24. The molecule has 0 amide bonds. The molecule has 4 heteroatoms. The summed E-state index contributed by atoms with van der Waals surface area (Å²) in [5.41, 5.74) is 6.20. The van der Waals surface area contributed by atoms with Crippen molar-refractivity contribution in [2.45, 2.75) is 24.2 Å². The van der Waals surface area contributed by atoms with Gasteiger partial charge < -0.3 is 0 Å². The van der Waals surface area contributed by atoms with E-state index >= 15 is 0 Å². The standard InChI is InChI=1S/C23H21GeN3/c1-14-13-26-22-21-15(9-10-25-22)11-16(24(2,3)4)12-19(21)27-18-8-6-5-7-17(18)20(14)23(26)27/h5-13H,1-4H3. The molecule has 0 saturated carbocycles. The van der Waals surface area contributed by atoms with Crippen molar-refractivity contribution < 1.29 is 0 Å². The van der Waals surface area contributed by atoms with Crippen molar-refractivity contribution in [3.8, 4) is 0 Å². The SMILES string of the molecule is Cc1cn2c3nccc4c[c]([Ge]([CH3])([CH3])[CH3])cc(c43)n3c4ccccc4c1c23. The molecular weight excluding hydrogens is 391 g/mol. The van der Waals surface area contributed by atoms with Crippen LogP contribution in [-0.4, -0.2) is 27.1 Å². The van der Waals surface area contributed by atoms with Crippen molar-refractivity contribution >= 4 is 61.5 Å². The van der Waals surface area contributed by atoms with Crippen LogP contribution in [0.1, 0.15) is 5.56 Å². The predicted octanol–water partition coefficient (Wildman–Crippen LogP) is 5.34. The number of hydrogen-bond donors (Lipinski definition) is 0. The number of aromatic nitrogens is 3. The van der Waals surface area contributed by atoms with Gasteiger partial charge in [-0.2, -0.15) is 0 Å². The minimum absolute atomic E-state index is 1.06. The predicted molar refractivity (Wildman–Crippen MR) is 118 cm³/mol. The molecular formula is C23H21GeN3. The van der Waals surface area contributed by atoms with Crippen LogP contribution in [0.5, 0.6) is 0 Å². The number of aryl methyl sites for hydroxylation is 1.